The normalized spacial score (nSPS) is 13.7. The number of hydrogen-bond donors (Lipinski definition) is 1. The van der Waals surface area contributed by atoms with Crippen molar-refractivity contribution in [2.24, 2.45) is 0 Å². The average Bonchev–Trinajstić information content (AvgIpc) is 2.77. The largest absolute Gasteiger partial charge is 0.493 e. The highest BCUT2D eigenvalue weighted by molar-refractivity contribution is 5.99. The molecule has 7 heteroatoms. The van der Waals surface area contributed by atoms with Crippen LogP contribution >= 0.6 is 0 Å². The summed E-state index contributed by atoms with van der Waals surface area (Å²) in [5, 5.41) is 2.87. The van der Waals surface area contributed by atoms with Crippen LogP contribution in [0.4, 0.5) is 0 Å². The van der Waals surface area contributed by atoms with E-state index in [2.05, 4.69) is 5.32 Å². The molecule has 0 bridgehead atoms. The molecule has 7 nitrogen and oxygen atoms in total. The van der Waals surface area contributed by atoms with E-state index in [1.54, 1.807) is 49.5 Å². The van der Waals surface area contributed by atoms with Crippen LogP contribution in [0.5, 0.6) is 11.5 Å². The fraction of sp³-hybridized carbons (Fsp3) is 0.333. The number of nitrogens with one attached hydrogen (secondary N) is 1. The van der Waals surface area contributed by atoms with Gasteiger partial charge in [-0.05, 0) is 35.9 Å². The van der Waals surface area contributed by atoms with Crippen molar-refractivity contribution in [3.8, 4) is 11.5 Å². The maximum atomic E-state index is 12.6. The van der Waals surface area contributed by atoms with Crippen LogP contribution < -0.4 is 14.8 Å². The van der Waals surface area contributed by atoms with Gasteiger partial charge in [0.15, 0.2) is 11.5 Å². The fourth-order valence-electron chi connectivity index (χ4n) is 3.02. The van der Waals surface area contributed by atoms with Gasteiger partial charge in [0.25, 0.3) is 11.8 Å². The predicted molar refractivity (Wildman–Crippen MR) is 104 cm³/mol. The zero-order chi connectivity index (χ0) is 19.9. The van der Waals surface area contributed by atoms with Gasteiger partial charge in [-0.1, -0.05) is 12.1 Å². The van der Waals surface area contributed by atoms with Crippen LogP contribution in [0.3, 0.4) is 0 Å². The zero-order valence-electron chi connectivity index (χ0n) is 16.1. The van der Waals surface area contributed by atoms with E-state index in [4.69, 9.17) is 14.2 Å². The lowest BCUT2D eigenvalue weighted by atomic mass is 10.1. The second-order valence-corrected chi connectivity index (χ2v) is 6.36. The number of morpholine rings is 1. The first-order chi connectivity index (χ1) is 13.6. The molecule has 1 fully saturated rings. The van der Waals surface area contributed by atoms with E-state index in [9.17, 15) is 9.59 Å². The van der Waals surface area contributed by atoms with E-state index < -0.39 is 0 Å². The quantitative estimate of drug-likeness (QED) is 0.825. The molecule has 2 amide bonds. The van der Waals surface area contributed by atoms with Crippen molar-refractivity contribution in [3.05, 3.63) is 59.2 Å². The summed E-state index contributed by atoms with van der Waals surface area (Å²) in [4.78, 5) is 26.9. The molecule has 0 saturated carbocycles. The molecule has 1 heterocycles. The van der Waals surface area contributed by atoms with Crippen LogP contribution in [0.2, 0.25) is 0 Å². The Morgan fingerprint density at radius 2 is 1.71 bits per heavy atom. The monoisotopic (exact) mass is 384 g/mol. The number of rotatable bonds is 6. The van der Waals surface area contributed by atoms with Crippen molar-refractivity contribution >= 4 is 11.8 Å². The Morgan fingerprint density at radius 3 is 2.43 bits per heavy atom. The maximum Gasteiger partial charge on any atom is 0.254 e. The Hall–Kier alpha value is -3.06. The Labute approximate surface area is 164 Å². The molecule has 1 N–H and O–H groups in total. The molecule has 28 heavy (non-hydrogen) atoms. The maximum absolute atomic E-state index is 12.6. The number of methoxy groups -OCH3 is 2. The molecule has 148 valence electrons. The summed E-state index contributed by atoms with van der Waals surface area (Å²) >= 11 is 0. The number of carbonyl (C=O) groups is 2. The van der Waals surface area contributed by atoms with E-state index in [0.29, 0.717) is 55.5 Å². The molecule has 2 aromatic rings. The number of hydrogen-bond acceptors (Lipinski definition) is 5. The number of carbonyl (C=O) groups excluding carboxylic acids is 2. The molecule has 0 spiro atoms. The SMILES string of the molecule is COc1ccc(CNC(=O)c2cccc(C(=O)N3CCOCC3)c2)cc1OC. The Morgan fingerprint density at radius 1 is 1.00 bits per heavy atom. The van der Waals surface area contributed by atoms with Crippen LogP contribution in [0.15, 0.2) is 42.5 Å². The lowest BCUT2D eigenvalue weighted by Gasteiger charge is -2.27. The minimum absolute atomic E-state index is 0.0853. The molecule has 1 aliphatic rings. The number of ether oxygens (including phenoxy) is 3. The van der Waals surface area contributed by atoms with Gasteiger partial charge in [-0.2, -0.15) is 0 Å². The fourth-order valence-corrected chi connectivity index (χ4v) is 3.02. The van der Waals surface area contributed by atoms with Crippen LogP contribution in [-0.4, -0.2) is 57.2 Å². The van der Waals surface area contributed by atoms with Crippen molar-refractivity contribution < 1.29 is 23.8 Å². The summed E-state index contributed by atoms with van der Waals surface area (Å²) in [6.07, 6.45) is 0. The molecule has 0 aromatic heterocycles. The van der Waals surface area contributed by atoms with E-state index in [-0.39, 0.29) is 11.8 Å². The molecule has 0 atom stereocenters. The molecule has 0 radical (unpaired) electrons. The van der Waals surface area contributed by atoms with Gasteiger partial charge < -0.3 is 24.4 Å². The third-order valence-electron chi connectivity index (χ3n) is 4.57. The third-order valence-corrected chi connectivity index (χ3v) is 4.57. The highest BCUT2D eigenvalue weighted by Gasteiger charge is 2.19. The first-order valence-electron chi connectivity index (χ1n) is 9.08. The first-order valence-corrected chi connectivity index (χ1v) is 9.08. The van der Waals surface area contributed by atoms with Crippen molar-refractivity contribution in [1.82, 2.24) is 10.2 Å². The van der Waals surface area contributed by atoms with Crippen molar-refractivity contribution in [2.75, 3.05) is 40.5 Å². The second kappa shape index (κ2) is 9.23. The Balaban J connectivity index is 1.65. The molecule has 1 saturated heterocycles. The lowest BCUT2D eigenvalue weighted by Crippen LogP contribution is -2.40. The van der Waals surface area contributed by atoms with Crippen LogP contribution in [0, 0.1) is 0 Å². The van der Waals surface area contributed by atoms with Gasteiger partial charge in [-0.3, -0.25) is 9.59 Å². The van der Waals surface area contributed by atoms with Gasteiger partial charge >= 0.3 is 0 Å². The second-order valence-electron chi connectivity index (χ2n) is 6.36. The summed E-state index contributed by atoms with van der Waals surface area (Å²) in [6, 6.07) is 12.2. The van der Waals surface area contributed by atoms with Gasteiger partial charge in [-0.15, -0.1) is 0 Å². The van der Waals surface area contributed by atoms with Crippen molar-refractivity contribution in [3.63, 3.8) is 0 Å². The topological polar surface area (TPSA) is 77.1 Å². The van der Waals surface area contributed by atoms with Crippen molar-refractivity contribution in [1.29, 1.82) is 0 Å². The van der Waals surface area contributed by atoms with E-state index in [1.807, 2.05) is 12.1 Å². The van der Waals surface area contributed by atoms with Gasteiger partial charge in [0, 0.05) is 30.8 Å². The Kier molecular flexibility index (Phi) is 6.49. The highest BCUT2D eigenvalue weighted by Crippen LogP contribution is 2.27. The van der Waals surface area contributed by atoms with Gasteiger partial charge in [-0.25, -0.2) is 0 Å². The summed E-state index contributed by atoms with van der Waals surface area (Å²) < 4.78 is 15.8. The number of benzene rings is 2. The van der Waals surface area contributed by atoms with Crippen LogP contribution in [-0.2, 0) is 11.3 Å². The van der Waals surface area contributed by atoms with Crippen molar-refractivity contribution in [2.45, 2.75) is 6.54 Å². The summed E-state index contributed by atoms with van der Waals surface area (Å²) in [5.74, 6) is 0.906. The summed E-state index contributed by atoms with van der Waals surface area (Å²) in [7, 11) is 3.14. The minimum atomic E-state index is -0.244. The molecule has 0 unspecified atom stereocenters. The van der Waals surface area contributed by atoms with E-state index >= 15 is 0 Å². The van der Waals surface area contributed by atoms with E-state index in [0.717, 1.165) is 5.56 Å². The molecule has 0 aliphatic carbocycles. The Bertz CT molecular complexity index is 846. The lowest BCUT2D eigenvalue weighted by molar-refractivity contribution is 0.0303. The summed E-state index contributed by atoms with van der Waals surface area (Å²) in [5.41, 5.74) is 1.83. The molecule has 2 aromatic carbocycles. The molecule has 1 aliphatic heterocycles. The smallest absolute Gasteiger partial charge is 0.254 e. The standard InChI is InChI=1S/C21H24N2O5/c1-26-18-7-6-15(12-19(18)27-2)14-22-20(24)16-4-3-5-17(13-16)21(25)23-8-10-28-11-9-23/h3-7,12-13H,8-11,14H2,1-2H3,(H,22,24). The van der Waals surface area contributed by atoms with Crippen LogP contribution in [0.1, 0.15) is 26.3 Å². The highest BCUT2D eigenvalue weighted by atomic mass is 16.5. The number of amides is 2. The van der Waals surface area contributed by atoms with Crippen LogP contribution in [0.25, 0.3) is 0 Å². The van der Waals surface area contributed by atoms with E-state index in [1.165, 1.54) is 0 Å². The molecule has 3 rings (SSSR count). The minimum Gasteiger partial charge on any atom is -0.493 e. The average molecular weight is 384 g/mol. The summed E-state index contributed by atoms with van der Waals surface area (Å²) in [6.45, 7) is 2.54. The van der Waals surface area contributed by atoms with Gasteiger partial charge in [0.05, 0.1) is 27.4 Å². The third kappa shape index (κ3) is 4.61. The molecular formula is C21H24N2O5. The molecular weight excluding hydrogens is 360 g/mol. The van der Waals surface area contributed by atoms with Gasteiger partial charge in [0.1, 0.15) is 0 Å². The van der Waals surface area contributed by atoms with Gasteiger partial charge in [0.2, 0.25) is 0 Å². The zero-order valence-corrected chi connectivity index (χ0v) is 16.1. The first kappa shape index (κ1) is 19.7. The predicted octanol–water partition coefficient (Wildman–Crippen LogP) is 2.11. The number of nitrogens with zero attached hydrogens (tertiary/aromatic N) is 1.